The van der Waals surface area contributed by atoms with Gasteiger partial charge in [-0.1, -0.05) is 48.2 Å². The van der Waals surface area contributed by atoms with E-state index >= 15 is 0 Å². The van der Waals surface area contributed by atoms with Gasteiger partial charge in [-0.05, 0) is 24.1 Å². The number of aryl methyl sites for hydroxylation is 1. The van der Waals surface area contributed by atoms with Gasteiger partial charge >= 0.3 is 5.97 Å². The highest BCUT2D eigenvalue weighted by molar-refractivity contribution is 8.26. The van der Waals surface area contributed by atoms with Gasteiger partial charge in [0.1, 0.15) is 10.9 Å². The molecule has 1 heterocycles. The van der Waals surface area contributed by atoms with Gasteiger partial charge in [-0.15, -0.1) is 0 Å². The Balaban J connectivity index is 2.28. The molecule has 0 bridgehead atoms. The number of aliphatic carboxylic acids is 1. The number of hydrogen-bond donors (Lipinski definition) is 1. The van der Waals surface area contributed by atoms with Crippen LogP contribution in [0.1, 0.15) is 11.1 Å². The minimum absolute atomic E-state index is 0.284. The molecule has 0 spiro atoms. The number of carboxylic acids is 1. The van der Waals surface area contributed by atoms with Gasteiger partial charge in [-0.25, -0.2) is 0 Å². The fraction of sp³-hybridized carbons (Fsp3) is 0.154. The first-order valence-corrected chi connectivity index (χ1v) is 6.74. The van der Waals surface area contributed by atoms with Crippen molar-refractivity contribution in [1.82, 2.24) is 4.90 Å². The molecule has 1 aliphatic heterocycles. The van der Waals surface area contributed by atoms with E-state index in [0.29, 0.717) is 4.91 Å². The minimum atomic E-state index is -1.08. The summed E-state index contributed by atoms with van der Waals surface area (Å²) in [6.07, 6.45) is 1.75. The molecule has 1 amide bonds. The molecule has 6 heteroatoms. The number of hydrogen-bond acceptors (Lipinski definition) is 4. The number of thiocarbonyl (C=S) groups is 1. The SMILES string of the molecule is Cc1ccccc1C=C1SC(=S)N(CC(=O)O)C1=O. The quantitative estimate of drug-likeness (QED) is 0.684. The standard InChI is InChI=1S/C13H11NO3S2/c1-8-4-2-3-5-9(8)6-10-12(17)14(7-11(15)16)13(18)19-10/h2-6H,7H2,1H3,(H,15,16). The first-order valence-electron chi connectivity index (χ1n) is 5.52. The molecule has 1 saturated heterocycles. The summed E-state index contributed by atoms with van der Waals surface area (Å²) in [6.45, 7) is 1.56. The van der Waals surface area contributed by atoms with E-state index in [2.05, 4.69) is 0 Å². The zero-order chi connectivity index (χ0) is 14.0. The van der Waals surface area contributed by atoms with E-state index in [1.807, 2.05) is 31.2 Å². The lowest BCUT2D eigenvalue weighted by Crippen LogP contribution is -2.33. The summed E-state index contributed by atoms with van der Waals surface area (Å²) in [5.74, 6) is -1.42. The Labute approximate surface area is 120 Å². The zero-order valence-electron chi connectivity index (χ0n) is 10.1. The fourth-order valence-corrected chi connectivity index (χ4v) is 2.91. The molecule has 19 heavy (non-hydrogen) atoms. The maximum Gasteiger partial charge on any atom is 0.323 e. The number of nitrogens with zero attached hydrogens (tertiary/aromatic N) is 1. The molecular formula is C13H11NO3S2. The van der Waals surface area contributed by atoms with Crippen LogP contribution >= 0.6 is 24.0 Å². The van der Waals surface area contributed by atoms with E-state index in [9.17, 15) is 9.59 Å². The highest BCUT2D eigenvalue weighted by atomic mass is 32.2. The van der Waals surface area contributed by atoms with Crippen molar-refractivity contribution in [3.8, 4) is 0 Å². The van der Waals surface area contributed by atoms with Crippen LogP contribution in [0.5, 0.6) is 0 Å². The summed E-state index contributed by atoms with van der Waals surface area (Å²) >= 11 is 6.16. The second-order valence-corrected chi connectivity index (χ2v) is 5.69. The van der Waals surface area contributed by atoms with Crippen molar-refractivity contribution in [3.05, 3.63) is 40.3 Å². The third-order valence-electron chi connectivity index (χ3n) is 2.64. The van der Waals surface area contributed by atoms with Crippen LogP contribution in [-0.4, -0.2) is 32.7 Å². The molecule has 1 aromatic carbocycles. The summed E-state index contributed by atoms with van der Waals surface area (Å²) in [5, 5.41) is 8.75. The van der Waals surface area contributed by atoms with E-state index in [4.69, 9.17) is 17.3 Å². The van der Waals surface area contributed by atoms with Gasteiger partial charge in [0.05, 0.1) is 4.91 Å². The van der Waals surface area contributed by atoms with Crippen molar-refractivity contribution in [2.45, 2.75) is 6.92 Å². The number of thioether (sulfide) groups is 1. The van der Waals surface area contributed by atoms with E-state index in [0.717, 1.165) is 27.8 Å². The third-order valence-corrected chi connectivity index (χ3v) is 4.02. The van der Waals surface area contributed by atoms with E-state index in [1.54, 1.807) is 6.08 Å². The molecule has 2 rings (SSSR count). The predicted octanol–water partition coefficient (Wildman–Crippen LogP) is 2.28. The largest absolute Gasteiger partial charge is 0.480 e. The first kappa shape index (κ1) is 13.8. The van der Waals surface area contributed by atoms with Crippen LogP contribution in [0.3, 0.4) is 0 Å². The lowest BCUT2D eigenvalue weighted by molar-refractivity contribution is -0.140. The molecule has 4 nitrogen and oxygen atoms in total. The van der Waals surface area contributed by atoms with Gasteiger partial charge in [-0.2, -0.15) is 0 Å². The molecule has 0 aliphatic carbocycles. The Kier molecular flexibility index (Phi) is 4.01. The van der Waals surface area contributed by atoms with E-state index < -0.39 is 12.5 Å². The molecule has 1 aromatic rings. The van der Waals surface area contributed by atoms with Crippen LogP contribution in [-0.2, 0) is 9.59 Å². The molecule has 1 N–H and O–H groups in total. The topological polar surface area (TPSA) is 57.6 Å². The number of benzene rings is 1. The lowest BCUT2D eigenvalue weighted by Gasteiger charge is -2.10. The smallest absolute Gasteiger partial charge is 0.323 e. The molecule has 0 saturated carbocycles. The average molecular weight is 293 g/mol. The Morgan fingerprint density at radius 3 is 2.79 bits per heavy atom. The van der Waals surface area contributed by atoms with Crippen LogP contribution in [0.2, 0.25) is 0 Å². The average Bonchev–Trinajstić information content (AvgIpc) is 2.60. The van der Waals surface area contributed by atoms with Crippen molar-refractivity contribution >= 4 is 46.3 Å². The summed E-state index contributed by atoms with van der Waals surface area (Å²) in [7, 11) is 0. The van der Waals surface area contributed by atoms with Gasteiger partial charge in [-0.3, -0.25) is 14.5 Å². The van der Waals surface area contributed by atoms with Crippen LogP contribution in [0.25, 0.3) is 6.08 Å². The fourth-order valence-electron chi connectivity index (χ4n) is 1.66. The number of carbonyl (C=O) groups excluding carboxylic acids is 1. The number of carbonyl (C=O) groups is 2. The summed E-state index contributed by atoms with van der Waals surface area (Å²) in [5.41, 5.74) is 1.98. The molecule has 0 unspecified atom stereocenters. The number of rotatable bonds is 3. The van der Waals surface area contributed by atoms with Crippen LogP contribution < -0.4 is 0 Å². The van der Waals surface area contributed by atoms with Crippen LogP contribution in [0, 0.1) is 6.92 Å². The van der Waals surface area contributed by atoms with Gasteiger partial charge < -0.3 is 5.11 Å². The van der Waals surface area contributed by atoms with Crippen molar-refractivity contribution < 1.29 is 14.7 Å². The molecule has 98 valence electrons. The highest BCUT2D eigenvalue weighted by Crippen LogP contribution is 2.32. The Morgan fingerprint density at radius 2 is 2.16 bits per heavy atom. The van der Waals surface area contributed by atoms with Gasteiger partial charge in [0.2, 0.25) is 0 Å². The summed E-state index contributed by atoms with van der Waals surface area (Å²) in [6, 6.07) is 7.65. The second-order valence-electron chi connectivity index (χ2n) is 4.02. The van der Waals surface area contributed by atoms with Crippen molar-refractivity contribution in [2.75, 3.05) is 6.54 Å². The van der Waals surface area contributed by atoms with Crippen molar-refractivity contribution in [3.63, 3.8) is 0 Å². The van der Waals surface area contributed by atoms with Crippen LogP contribution in [0.15, 0.2) is 29.2 Å². The molecule has 0 atom stereocenters. The van der Waals surface area contributed by atoms with Crippen LogP contribution in [0.4, 0.5) is 0 Å². The van der Waals surface area contributed by atoms with Gasteiger partial charge in [0, 0.05) is 0 Å². The second kappa shape index (κ2) is 5.54. The maximum absolute atomic E-state index is 12.1. The highest BCUT2D eigenvalue weighted by Gasteiger charge is 2.33. The van der Waals surface area contributed by atoms with Gasteiger partial charge in [0.15, 0.2) is 0 Å². The first-order chi connectivity index (χ1) is 8.99. The Morgan fingerprint density at radius 1 is 1.47 bits per heavy atom. The molecule has 0 radical (unpaired) electrons. The Hall–Kier alpha value is -1.66. The van der Waals surface area contributed by atoms with E-state index in [1.165, 1.54) is 0 Å². The normalized spacial score (nSPS) is 17.3. The lowest BCUT2D eigenvalue weighted by atomic mass is 10.1. The molecule has 1 fully saturated rings. The zero-order valence-corrected chi connectivity index (χ0v) is 11.8. The van der Waals surface area contributed by atoms with Crippen molar-refractivity contribution in [1.29, 1.82) is 0 Å². The number of carboxylic acid groups (broad SMARTS) is 1. The van der Waals surface area contributed by atoms with Gasteiger partial charge in [0.25, 0.3) is 5.91 Å². The third kappa shape index (κ3) is 3.02. The summed E-state index contributed by atoms with van der Waals surface area (Å²) < 4.78 is 0.284. The molecular weight excluding hydrogens is 282 g/mol. The molecule has 1 aliphatic rings. The Bertz CT molecular complexity index is 595. The monoisotopic (exact) mass is 293 g/mol. The molecule has 0 aromatic heterocycles. The summed E-state index contributed by atoms with van der Waals surface area (Å²) in [4.78, 5) is 24.3. The predicted molar refractivity (Wildman–Crippen MR) is 78.7 cm³/mol. The van der Waals surface area contributed by atoms with Crippen molar-refractivity contribution in [2.24, 2.45) is 0 Å². The minimum Gasteiger partial charge on any atom is -0.480 e. The number of amides is 1. The maximum atomic E-state index is 12.1. The van der Waals surface area contributed by atoms with E-state index in [-0.39, 0.29) is 10.2 Å².